The van der Waals surface area contributed by atoms with Crippen molar-refractivity contribution in [1.82, 2.24) is 4.90 Å². The van der Waals surface area contributed by atoms with Crippen LogP contribution in [0.25, 0.3) is 0 Å². The van der Waals surface area contributed by atoms with Gasteiger partial charge in [0.05, 0.1) is 0 Å². The van der Waals surface area contributed by atoms with Gasteiger partial charge in [-0.25, -0.2) is 0 Å². The Morgan fingerprint density at radius 3 is 2.82 bits per heavy atom. The first-order valence-corrected chi connectivity index (χ1v) is 8.19. The second kappa shape index (κ2) is 8.59. The van der Waals surface area contributed by atoms with Crippen molar-refractivity contribution in [2.24, 2.45) is 5.92 Å². The van der Waals surface area contributed by atoms with Crippen LogP contribution >= 0.6 is 12.4 Å². The molecule has 1 aliphatic heterocycles. The minimum atomic E-state index is 0. The van der Waals surface area contributed by atoms with Gasteiger partial charge in [-0.1, -0.05) is 32.1 Å². The molecule has 0 saturated carbocycles. The first-order chi connectivity index (χ1) is 10.1. The largest absolute Gasteiger partial charge is 0.508 e. The third kappa shape index (κ3) is 4.50. The lowest BCUT2D eigenvalue weighted by molar-refractivity contribution is 0.109. The second-order valence-electron chi connectivity index (χ2n) is 6.70. The number of rotatable bonds is 6. The van der Waals surface area contributed by atoms with Crippen molar-refractivity contribution in [3.63, 3.8) is 0 Å². The summed E-state index contributed by atoms with van der Waals surface area (Å²) in [4.78, 5) is 2.60. The predicted molar refractivity (Wildman–Crippen MR) is 97.0 cm³/mol. The lowest BCUT2D eigenvalue weighted by atomic mass is 9.68. The summed E-state index contributed by atoms with van der Waals surface area (Å²) in [6, 6.07) is 7.82. The average molecular weight is 324 g/mol. The van der Waals surface area contributed by atoms with E-state index in [4.69, 9.17) is 0 Å². The smallest absolute Gasteiger partial charge is 0.115 e. The molecule has 0 bridgehead atoms. The van der Waals surface area contributed by atoms with Crippen LogP contribution in [0.1, 0.15) is 45.1 Å². The average Bonchev–Trinajstić information content (AvgIpc) is 2.47. The highest BCUT2D eigenvalue weighted by Gasteiger charge is 2.37. The first-order valence-electron chi connectivity index (χ1n) is 8.19. The number of phenolic OH excluding ortho intramolecular Hbond substituents is 1. The maximum atomic E-state index is 9.74. The molecular formula is C19H30ClNO. The molecule has 1 heterocycles. The third-order valence-corrected chi connectivity index (χ3v) is 5.21. The maximum Gasteiger partial charge on any atom is 0.115 e. The number of hydrogen-bond acceptors (Lipinski definition) is 2. The van der Waals surface area contributed by atoms with Gasteiger partial charge in [0.25, 0.3) is 0 Å². The SMILES string of the molecule is C=CCCCCN1CC[C@](C)(c2cccc(O)c2)[C@@H](C)C1.Cl. The monoisotopic (exact) mass is 323 g/mol. The molecule has 1 aromatic carbocycles. The highest BCUT2D eigenvalue weighted by atomic mass is 35.5. The lowest BCUT2D eigenvalue weighted by Gasteiger charge is -2.45. The molecule has 2 rings (SSSR count). The van der Waals surface area contributed by atoms with Crippen LogP contribution in [0.3, 0.4) is 0 Å². The van der Waals surface area contributed by atoms with Gasteiger partial charge < -0.3 is 10.0 Å². The Bertz CT molecular complexity index is 476. The van der Waals surface area contributed by atoms with Crippen molar-refractivity contribution in [1.29, 1.82) is 0 Å². The summed E-state index contributed by atoms with van der Waals surface area (Å²) in [7, 11) is 0. The number of allylic oxidation sites excluding steroid dienone is 1. The number of unbranched alkanes of at least 4 members (excludes halogenated alkanes) is 2. The van der Waals surface area contributed by atoms with Gasteiger partial charge in [-0.05, 0) is 67.8 Å². The first kappa shape index (κ1) is 19.1. The molecule has 1 aromatic rings. The minimum absolute atomic E-state index is 0. The zero-order valence-corrected chi connectivity index (χ0v) is 14.7. The maximum absolute atomic E-state index is 9.74. The Labute approximate surface area is 141 Å². The molecule has 1 saturated heterocycles. The predicted octanol–water partition coefficient (Wildman–Crippen LogP) is 4.77. The van der Waals surface area contributed by atoms with Gasteiger partial charge in [-0.15, -0.1) is 19.0 Å². The van der Waals surface area contributed by atoms with E-state index in [-0.39, 0.29) is 17.8 Å². The van der Waals surface area contributed by atoms with Gasteiger partial charge in [-0.3, -0.25) is 0 Å². The summed E-state index contributed by atoms with van der Waals surface area (Å²) in [5, 5.41) is 9.74. The molecule has 1 fully saturated rings. The van der Waals surface area contributed by atoms with Crippen molar-refractivity contribution in [2.45, 2.75) is 44.9 Å². The topological polar surface area (TPSA) is 23.5 Å². The molecule has 22 heavy (non-hydrogen) atoms. The van der Waals surface area contributed by atoms with E-state index in [1.165, 1.54) is 31.4 Å². The minimum Gasteiger partial charge on any atom is -0.508 e. The zero-order chi connectivity index (χ0) is 15.3. The quantitative estimate of drug-likeness (QED) is 0.602. The van der Waals surface area contributed by atoms with E-state index < -0.39 is 0 Å². The molecule has 0 aliphatic carbocycles. The Balaban J connectivity index is 0.00000242. The number of aromatic hydroxyl groups is 1. The number of piperidine rings is 1. The summed E-state index contributed by atoms with van der Waals surface area (Å²) in [6.45, 7) is 12.0. The van der Waals surface area contributed by atoms with E-state index in [1.54, 1.807) is 6.07 Å². The molecule has 2 nitrogen and oxygen atoms in total. The van der Waals surface area contributed by atoms with Crippen molar-refractivity contribution < 1.29 is 5.11 Å². The number of likely N-dealkylation sites (tertiary alicyclic amines) is 1. The molecule has 0 aromatic heterocycles. The Morgan fingerprint density at radius 2 is 2.18 bits per heavy atom. The lowest BCUT2D eigenvalue weighted by Crippen LogP contribution is -2.47. The molecular weight excluding hydrogens is 294 g/mol. The summed E-state index contributed by atoms with van der Waals surface area (Å²) in [5.41, 5.74) is 1.46. The van der Waals surface area contributed by atoms with Crippen molar-refractivity contribution in [2.75, 3.05) is 19.6 Å². The van der Waals surface area contributed by atoms with Gasteiger partial charge in [0, 0.05) is 6.54 Å². The van der Waals surface area contributed by atoms with Crippen LogP contribution in [0.2, 0.25) is 0 Å². The Morgan fingerprint density at radius 1 is 1.41 bits per heavy atom. The fourth-order valence-corrected chi connectivity index (χ4v) is 3.43. The van der Waals surface area contributed by atoms with Crippen LogP contribution < -0.4 is 0 Å². The van der Waals surface area contributed by atoms with E-state index in [9.17, 15) is 5.11 Å². The summed E-state index contributed by atoms with van der Waals surface area (Å²) in [6.07, 6.45) is 6.82. The molecule has 1 aliphatic rings. The molecule has 0 amide bonds. The van der Waals surface area contributed by atoms with Crippen molar-refractivity contribution in [3.8, 4) is 5.75 Å². The van der Waals surface area contributed by atoms with E-state index in [2.05, 4.69) is 31.4 Å². The van der Waals surface area contributed by atoms with Crippen LogP contribution in [0.5, 0.6) is 5.75 Å². The Hall–Kier alpha value is -0.990. The molecule has 124 valence electrons. The molecule has 1 N–H and O–H groups in total. The van der Waals surface area contributed by atoms with E-state index >= 15 is 0 Å². The Kier molecular flexibility index (Phi) is 7.44. The van der Waals surface area contributed by atoms with E-state index in [0.717, 1.165) is 19.5 Å². The highest BCUT2D eigenvalue weighted by molar-refractivity contribution is 5.85. The van der Waals surface area contributed by atoms with Crippen LogP contribution in [-0.2, 0) is 5.41 Å². The summed E-state index contributed by atoms with van der Waals surface area (Å²) >= 11 is 0. The standard InChI is InChI=1S/C19H29NO.ClH/c1-4-5-6-7-12-20-13-11-19(3,16(2)15-20)17-9-8-10-18(21)14-17;/h4,8-10,14,16,21H,1,5-7,11-13,15H2,2-3H3;1H/t16-,19-;/m0./s1. The van der Waals surface area contributed by atoms with Crippen molar-refractivity contribution in [3.05, 3.63) is 42.5 Å². The summed E-state index contributed by atoms with van der Waals surface area (Å²) < 4.78 is 0. The van der Waals surface area contributed by atoms with Crippen molar-refractivity contribution >= 4 is 12.4 Å². The number of hydrogen-bond donors (Lipinski definition) is 1. The number of phenols is 1. The van der Waals surface area contributed by atoms with Crippen LogP contribution in [0.4, 0.5) is 0 Å². The van der Waals surface area contributed by atoms with Gasteiger partial charge >= 0.3 is 0 Å². The molecule has 0 radical (unpaired) electrons. The zero-order valence-electron chi connectivity index (χ0n) is 13.9. The van der Waals surface area contributed by atoms with Gasteiger partial charge in [0.1, 0.15) is 5.75 Å². The summed E-state index contributed by atoms with van der Waals surface area (Å²) in [5.74, 6) is 0.986. The fraction of sp³-hybridized carbons (Fsp3) is 0.579. The van der Waals surface area contributed by atoms with Crippen LogP contribution in [0, 0.1) is 5.92 Å². The molecule has 3 heteroatoms. The third-order valence-electron chi connectivity index (χ3n) is 5.21. The molecule has 2 atom stereocenters. The van der Waals surface area contributed by atoms with E-state index in [0.29, 0.717) is 11.7 Å². The number of benzene rings is 1. The van der Waals surface area contributed by atoms with Gasteiger partial charge in [0.15, 0.2) is 0 Å². The van der Waals surface area contributed by atoms with Crippen LogP contribution in [0.15, 0.2) is 36.9 Å². The highest BCUT2D eigenvalue weighted by Crippen LogP contribution is 2.40. The fourth-order valence-electron chi connectivity index (χ4n) is 3.43. The van der Waals surface area contributed by atoms with Gasteiger partial charge in [-0.2, -0.15) is 0 Å². The number of halogens is 1. The number of nitrogens with zero attached hydrogens (tertiary/aromatic N) is 1. The molecule has 0 unspecified atom stereocenters. The second-order valence-corrected chi connectivity index (χ2v) is 6.70. The van der Waals surface area contributed by atoms with Gasteiger partial charge in [0.2, 0.25) is 0 Å². The molecule has 0 spiro atoms. The van der Waals surface area contributed by atoms with Crippen LogP contribution in [-0.4, -0.2) is 29.6 Å². The van der Waals surface area contributed by atoms with E-state index in [1.807, 2.05) is 18.2 Å². The normalized spacial score (nSPS) is 25.5.